The van der Waals surface area contributed by atoms with Crippen LogP contribution >= 0.6 is 0 Å². The van der Waals surface area contributed by atoms with E-state index in [1.54, 1.807) is 0 Å². The lowest BCUT2D eigenvalue weighted by molar-refractivity contribution is 0.328. The summed E-state index contributed by atoms with van der Waals surface area (Å²) in [6.45, 7) is 4.41. The van der Waals surface area contributed by atoms with Gasteiger partial charge in [0.05, 0.1) is 0 Å². The molecular formula is C16H19F2N3. The van der Waals surface area contributed by atoms with Gasteiger partial charge in [0.2, 0.25) is 0 Å². The second kappa shape index (κ2) is 4.83. The predicted molar refractivity (Wildman–Crippen MR) is 78.7 cm³/mol. The number of nitrogen functional groups attached to an aromatic ring is 1. The Morgan fingerprint density at radius 2 is 1.90 bits per heavy atom. The van der Waals surface area contributed by atoms with Crippen LogP contribution < -0.4 is 5.73 Å². The molecule has 1 aliphatic rings. The van der Waals surface area contributed by atoms with Gasteiger partial charge in [0.25, 0.3) is 0 Å². The van der Waals surface area contributed by atoms with Crippen LogP contribution in [0.5, 0.6) is 0 Å². The van der Waals surface area contributed by atoms with Gasteiger partial charge < -0.3 is 5.73 Å². The van der Waals surface area contributed by atoms with E-state index in [1.807, 2.05) is 0 Å². The van der Waals surface area contributed by atoms with Crippen molar-refractivity contribution in [1.82, 2.24) is 10.2 Å². The standard InChI is InChI=1S/C16H19F2N3/c1-16(2)5-3-4-12(16)14-13(15(19)21-20-14)9-6-10(17)8-11(18)7-9/h6-8,12H,3-5H2,1-2H3,(H3,19,20,21). The summed E-state index contributed by atoms with van der Waals surface area (Å²) < 4.78 is 27.0. The summed E-state index contributed by atoms with van der Waals surface area (Å²) in [5, 5.41) is 7.06. The Kier molecular flexibility index (Phi) is 3.23. The number of nitrogens with one attached hydrogen (secondary N) is 1. The molecule has 1 aromatic heterocycles. The van der Waals surface area contributed by atoms with Crippen LogP contribution in [0.15, 0.2) is 18.2 Å². The van der Waals surface area contributed by atoms with Crippen molar-refractivity contribution in [3.8, 4) is 11.1 Å². The fourth-order valence-electron chi connectivity index (χ4n) is 3.49. The average molecular weight is 291 g/mol. The van der Waals surface area contributed by atoms with E-state index in [4.69, 9.17) is 5.73 Å². The van der Waals surface area contributed by atoms with E-state index in [0.717, 1.165) is 31.0 Å². The lowest BCUT2D eigenvalue weighted by Gasteiger charge is -2.27. The van der Waals surface area contributed by atoms with Crippen LogP contribution in [-0.2, 0) is 0 Å². The van der Waals surface area contributed by atoms with E-state index in [0.29, 0.717) is 11.1 Å². The largest absolute Gasteiger partial charge is 0.382 e. The molecule has 1 aliphatic carbocycles. The maximum absolute atomic E-state index is 13.5. The SMILES string of the molecule is CC1(C)CCCC1c1[nH]nc(N)c1-c1cc(F)cc(F)c1. The first kappa shape index (κ1) is 14.0. The predicted octanol–water partition coefficient (Wildman–Crippen LogP) is 4.23. The molecule has 3 N–H and O–H groups in total. The number of rotatable bonds is 2. The van der Waals surface area contributed by atoms with Crippen molar-refractivity contribution in [3.05, 3.63) is 35.5 Å². The number of nitrogens with two attached hydrogens (primary N) is 1. The molecule has 1 unspecified atom stereocenters. The van der Waals surface area contributed by atoms with Crippen molar-refractivity contribution in [2.45, 2.75) is 39.0 Å². The number of benzene rings is 1. The van der Waals surface area contributed by atoms with Crippen LogP contribution in [0.2, 0.25) is 0 Å². The molecule has 1 aromatic carbocycles. The van der Waals surface area contributed by atoms with Crippen molar-refractivity contribution in [1.29, 1.82) is 0 Å². The third-order valence-corrected chi connectivity index (χ3v) is 4.58. The van der Waals surface area contributed by atoms with Gasteiger partial charge in [0, 0.05) is 23.2 Å². The lowest BCUT2D eigenvalue weighted by atomic mass is 9.78. The molecule has 0 amide bonds. The van der Waals surface area contributed by atoms with E-state index in [9.17, 15) is 8.78 Å². The van der Waals surface area contributed by atoms with Crippen molar-refractivity contribution >= 4 is 5.82 Å². The van der Waals surface area contributed by atoms with Crippen LogP contribution in [0, 0.1) is 17.0 Å². The highest BCUT2D eigenvalue weighted by molar-refractivity contribution is 5.77. The summed E-state index contributed by atoms with van der Waals surface area (Å²) in [7, 11) is 0. The van der Waals surface area contributed by atoms with E-state index < -0.39 is 11.6 Å². The molecule has 112 valence electrons. The van der Waals surface area contributed by atoms with Gasteiger partial charge >= 0.3 is 0 Å². The number of hydrogen-bond acceptors (Lipinski definition) is 2. The highest BCUT2D eigenvalue weighted by atomic mass is 19.1. The molecule has 1 heterocycles. The Morgan fingerprint density at radius 1 is 1.24 bits per heavy atom. The zero-order valence-corrected chi connectivity index (χ0v) is 12.2. The molecule has 0 radical (unpaired) electrons. The summed E-state index contributed by atoms with van der Waals surface area (Å²) in [5.74, 6) is -0.661. The summed E-state index contributed by atoms with van der Waals surface area (Å²) in [6.07, 6.45) is 3.28. The monoisotopic (exact) mass is 291 g/mol. The summed E-state index contributed by atoms with van der Waals surface area (Å²) in [6, 6.07) is 3.46. The van der Waals surface area contributed by atoms with Crippen molar-refractivity contribution in [2.75, 3.05) is 5.73 Å². The highest BCUT2D eigenvalue weighted by Gasteiger charge is 2.38. The second-order valence-electron chi connectivity index (χ2n) is 6.49. The van der Waals surface area contributed by atoms with Gasteiger partial charge in [-0.15, -0.1) is 0 Å². The van der Waals surface area contributed by atoms with Crippen molar-refractivity contribution in [3.63, 3.8) is 0 Å². The van der Waals surface area contributed by atoms with Gasteiger partial charge in [-0.3, -0.25) is 5.10 Å². The van der Waals surface area contributed by atoms with Crippen LogP contribution in [0.25, 0.3) is 11.1 Å². The number of aromatic nitrogens is 2. The molecular weight excluding hydrogens is 272 g/mol. The second-order valence-corrected chi connectivity index (χ2v) is 6.49. The molecule has 1 atom stereocenters. The quantitative estimate of drug-likeness (QED) is 0.870. The molecule has 3 nitrogen and oxygen atoms in total. The molecule has 3 rings (SSSR count). The summed E-state index contributed by atoms with van der Waals surface area (Å²) in [4.78, 5) is 0. The number of anilines is 1. The van der Waals surface area contributed by atoms with E-state index in [2.05, 4.69) is 24.0 Å². The van der Waals surface area contributed by atoms with Gasteiger partial charge in [-0.2, -0.15) is 5.10 Å². The Hall–Kier alpha value is -1.91. The Bertz CT molecular complexity index is 656. The number of halogens is 2. The first-order valence-electron chi connectivity index (χ1n) is 7.19. The maximum Gasteiger partial charge on any atom is 0.153 e. The molecule has 0 aliphatic heterocycles. The number of hydrogen-bond donors (Lipinski definition) is 2. The maximum atomic E-state index is 13.5. The van der Waals surface area contributed by atoms with E-state index in [-0.39, 0.29) is 17.2 Å². The van der Waals surface area contributed by atoms with Gasteiger partial charge in [0.1, 0.15) is 11.6 Å². The number of H-pyrrole nitrogens is 1. The van der Waals surface area contributed by atoms with Crippen LogP contribution in [-0.4, -0.2) is 10.2 Å². The summed E-state index contributed by atoms with van der Waals surface area (Å²) >= 11 is 0. The molecule has 0 saturated heterocycles. The van der Waals surface area contributed by atoms with E-state index in [1.165, 1.54) is 12.1 Å². The van der Waals surface area contributed by atoms with Crippen molar-refractivity contribution in [2.24, 2.45) is 5.41 Å². The fourth-order valence-corrected chi connectivity index (χ4v) is 3.49. The lowest BCUT2D eigenvalue weighted by Crippen LogP contribution is -2.16. The highest BCUT2D eigenvalue weighted by Crippen LogP contribution is 2.51. The van der Waals surface area contributed by atoms with E-state index >= 15 is 0 Å². The molecule has 5 heteroatoms. The van der Waals surface area contributed by atoms with Crippen LogP contribution in [0.1, 0.15) is 44.7 Å². The molecule has 21 heavy (non-hydrogen) atoms. The third kappa shape index (κ3) is 2.41. The topological polar surface area (TPSA) is 54.7 Å². The number of aromatic amines is 1. The Labute approximate surface area is 122 Å². The third-order valence-electron chi connectivity index (χ3n) is 4.58. The van der Waals surface area contributed by atoms with Gasteiger partial charge in [-0.25, -0.2) is 8.78 Å². The first-order valence-corrected chi connectivity index (χ1v) is 7.19. The molecule has 1 saturated carbocycles. The van der Waals surface area contributed by atoms with Gasteiger partial charge in [0.15, 0.2) is 5.82 Å². The zero-order valence-electron chi connectivity index (χ0n) is 12.2. The first-order chi connectivity index (χ1) is 9.88. The average Bonchev–Trinajstić information content (AvgIpc) is 2.90. The number of nitrogens with zero attached hydrogens (tertiary/aromatic N) is 1. The molecule has 0 bridgehead atoms. The zero-order chi connectivity index (χ0) is 15.2. The normalized spacial score (nSPS) is 20.9. The Balaban J connectivity index is 2.13. The minimum atomic E-state index is -0.609. The summed E-state index contributed by atoms with van der Waals surface area (Å²) in [5.41, 5.74) is 8.03. The molecule has 0 spiro atoms. The minimum Gasteiger partial charge on any atom is -0.382 e. The van der Waals surface area contributed by atoms with Crippen LogP contribution in [0.4, 0.5) is 14.6 Å². The Morgan fingerprint density at radius 3 is 2.48 bits per heavy atom. The molecule has 2 aromatic rings. The minimum absolute atomic E-state index is 0.125. The molecule has 1 fully saturated rings. The smallest absolute Gasteiger partial charge is 0.153 e. The van der Waals surface area contributed by atoms with Crippen molar-refractivity contribution < 1.29 is 8.78 Å². The van der Waals surface area contributed by atoms with Gasteiger partial charge in [-0.1, -0.05) is 20.3 Å². The van der Waals surface area contributed by atoms with Crippen LogP contribution in [0.3, 0.4) is 0 Å². The fraction of sp³-hybridized carbons (Fsp3) is 0.438. The van der Waals surface area contributed by atoms with Gasteiger partial charge in [-0.05, 0) is 36.0 Å².